The van der Waals surface area contributed by atoms with Crippen LogP contribution in [0.1, 0.15) is 12.1 Å². The van der Waals surface area contributed by atoms with Crippen molar-refractivity contribution >= 4 is 5.97 Å². The van der Waals surface area contributed by atoms with E-state index in [1.807, 2.05) is 0 Å². The molecule has 2 rings (SSSR count). The van der Waals surface area contributed by atoms with E-state index in [0.717, 1.165) is 5.69 Å². The zero-order valence-corrected chi connectivity index (χ0v) is 7.80. The number of hydrogen-bond donors (Lipinski definition) is 2. The summed E-state index contributed by atoms with van der Waals surface area (Å²) in [6, 6.07) is 1.75. The highest BCUT2D eigenvalue weighted by Gasteiger charge is 2.07. The number of aryl methyl sites for hydroxylation is 1. The van der Waals surface area contributed by atoms with Gasteiger partial charge in [-0.15, -0.1) is 0 Å². The van der Waals surface area contributed by atoms with Gasteiger partial charge in [0, 0.05) is 5.69 Å². The molecule has 0 aliphatic carbocycles. The Kier molecular flexibility index (Phi) is 2.49. The van der Waals surface area contributed by atoms with Crippen molar-refractivity contribution in [3.63, 3.8) is 0 Å². The van der Waals surface area contributed by atoms with Gasteiger partial charge in [0.2, 0.25) is 0 Å². The summed E-state index contributed by atoms with van der Waals surface area (Å²) in [6.07, 6.45) is 3.38. The molecule has 0 spiro atoms. The van der Waals surface area contributed by atoms with E-state index in [9.17, 15) is 4.79 Å². The van der Waals surface area contributed by atoms with Crippen LogP contribution in [0, 0.1) is 0 Å². The number of rotatable bonds is 4. The lowest BCUT2D eigenvalue weighted by Gasteiger charge is -1.90. The summed E-state index contributed by atoms with van der Waals surface area (Å²) >= 11 is 0. The summed E-state index contributed by atoms with van der Waals surface area (Å²) in [5, 5.41) is 15.2. The van der Waals surface area contributed by atoms with Crippen molar-refractivity contribution in [3.8, 4) is 11.5 Å². The van der Waals surface area contributed by atoms with Gasteiger partial charge in [-0.25, -0.2) is 4.98 Å². The molecule has 2 aromatic rings. The lowest BCUT2D eigenvalue weighted by atomic mass is 10.2. The van der Waals surface area contributed by atoms with Gasteiger partial charge in [-0.3, -0.25) is 9.89 Å². The fraction of sp³-hybridized carbons (Fsp3) is 0.222. The zero-order valence-electron chi connectivity index (χ0n) is 7.80. The summed E-state index contributed by atoms with van der Waals surface area (Å²) < 4.78 is 5.05. The highest BCUT2D eigenvalue weighted by molar-refractivity contribution is 5.67. The van der Waals surface area contributed by atoms with Crippen LogP contribution in [0.3, 0.4) is 0 Å². The molecule has 78 valence electrons. The lowest BCUT2D eigenvalue weighted by molar-refractivity contribution is -0.136. The molecule has 0 unspecified atom stereocenters. The van der Waals surface area contributed by atoms with Crippen LogP contribution in [-0.4, -0.2) is 26.3 Å². The molecule has 0 aliphatic heterocycles. The Balaban J connectivity index is 2.08. The number of H-pyrrole nitrogens is 1. The Hall–Kier alpha value is -2.11. The van der Waals surface area contributed by atoms with E-state index >= 15 is 0 Å². The number of aromatic amines is 1. The monoisotopic (exact) mass is 207 g/mol. The molecular formula is C9H9N3O3. The van der Waals surface area contributed by atoms with Crippen molar-refractivity contribution in [3.05, 3.63) is 24.4 Å². The molecule has 0 aromatic carbocycles. The minimum absolute atomic E-state index is 0.0814. The minimum atomic E-state index is -0.828. The molecule has 6 nitrogen and oxygen atoms in total. The average Bonchev–Trinajstić information content (AvgIpc) is 2.85. The van der Waals surface area contributed by atoms with Gasteiger partial charge in [0.15, 0.2) is 12.2 Å². The van der Waals surface area contributed by atoms with Crippen molar-refractivity contribution in [2.75, 3.05) is 0 Å². The third kappa shape index (κ3) is 2.22. The highest BCUT2D eigenvalue weighted by Crippen LogP contribution is 2.16. The molecule has 0 saturated carbocycles. The second-order valence-electron chi connectivity index (χ2n) is 3.04. The topological polar surface area (TPSA) is 92.0 Å². The first-order valence-electron chi connectivity index (χ1n) is 4.40. The van der Waals surface area contributed by atoms with Crippen molar-refractivity contribution in [2.45, 2.75) is 12.8 Å². The second-order valence-corrected chi connectivity index (χ2v) is 3.04. The predicted molar refractivity (Wildman–Crippen MR) is 50.0 cm³/mol. The van der Waals surface area contributed by atoms with E-state index in [1.165, 1.54) is 6.39 Å². The largest absolute Gasteiger partial charge is 0.481 e. The number of aromatic nitrogens is 3. The molecule has 2 N–H and O–H groups in total. The summed E-state index contributed by atoms with van der Waals surface area (Å²) in [5.41, 5.74) is 1.40. The summed E-state index contributed by atoms with van der Waals surface area (Å²) in [6.45, 7) is 0. The molecule has 0 aliphatic rings. The summed E-state index contributed by atoms with van der Waals surface area (Å²) in [4.78, 5) is 14.1. The first-order chi connectivity index (χ1) is 7.25. The molecule has 0 amide bonds. The van der Waals surface area contributed by atoms with Crippen LogP contribution >= 0.6 is 0 Å². The second kappa shape index (κ2) is 3.95. The normalized spacial score (nSPS) is 10.4. The Bertz CT molecular complexity index is 447. The molecule has 2 heterocycles. The standard InChI is InChI=1S/C9H9N3O3/c13-9(14)2-1-6-3-7(12-11-6)8-4-10-5-15-8/h3-5H,1-2H2,(H,11,12)(H,13,14). The first-order valence-corrected chi connectivity index (χ1v) is 4.40. The van der Waals surface area contributed by atoms with Crippen LogP contribution in [0.15, 0.2) is 23.1 Å². The molecule has 2 aromatic heterocycles. The average molecular weight is 207 g/mol. The number of carbonyl (C=O) groups is 1. The van der Waals surface area contributed by atoms with Crippen LogP contribution in [-0.2, 0) is 11.2 Å². The van der Waals surface area contributed by atoms with Crippen molar-refractivity contribution in [1.82, 2.24) is 15.2 Å². The number of nitrogens with one attached hydrogen (secondary N) is 1. The molecule has 0 radical (unpaired) electrons. The van der Waals surface area contributed by atoms with E-state index in [4.69, 9.17) is 9.52 Å². The van der Waals surface area contributed by atoms with Gasteiger partial charge in [-0.05, 0) is 12.5 Å². The maximum atomic E-state index is 10.3. The minimum Gasteiger partial charge on any atom is -0.481 e. The van der Waals surface area contributed by atoms with E-state index < -0.39 is 5.97 Å². The van der Waals surface area contributed by atoms with Crippen LogP contribution in [0.5, 0.6) is 0 Å². The smallest absolute Gasteiger partial charge is 0.303 e. The predicted octanol–water partition coefficient (Wildman–Crippen LogP) is 1.08. The van der Waals surface area contributed by atoms with Crippen LogP contribution < -0.4 is 0 Å². The highest BCUT2D eigenvalue weighted by atomic mass is 16.4. The Morgan fingerprint density at radius 2 is 2.47 bits per heavy atom. The van der Waals surface area contributed by atoms with Crippen LogP contribution in [0.25, 0.3) is 11.5 Å². The van der Waals surface area contributed by atoms with Gasteiger partial charge in [-0.1, -0.05) is 0 Å². The lowest BCUT2D eigenvalue weighted by Crippen LogP contribution is -1.97. The maximum Gasteiger partial charge on any atom is 0.303 e. The molecular weight excluding hydrogens is 198 g/mol. The molecule has 0 fully saturated rings. The van der Waals surface area contributed by atoms with E-state index in [2.05, 4.69) is 15.2 Å². The molecule has 15 heavy (non-hydrogen) atoms. The third-order valence-corrected chi connectivity index (χ3v) is 1.92. The maximum absolute atomic E-state index is 10.3. The fourth-order valence-electron chi connectivity index (χ4n) is 1.20. The van der Waals surface area contributed by atoms with Crippen molar-refractivity contribution in [2.24, 2.45) is 0 Å². The number of carboxylic acid groups (broad SMARTS) is 1. The molecule has 0 bridgehead atoms. The molecule has 0 atom stereocenters. The number of nitrogens with zero attached hydrogens (tertiary/aromatic N) is 2. The van der Waals surface area contributed by atoms with Gasteiger partial charge < -0.3 is 9.52 Å². The number of carboxylic acids is 1. The van der Waals surface area contributed by atoms with Gasteiger partial charge in [0.25, 0.3) is 0 Å². The Labute approximate surface area is 85.0 Å². The van der Waals surface area contributed by atoms with Crippen LogP contribution in [0.4, 0.5) is 0 Å². The van der Waals surface area contributed by atoms with Gasteiger partial charge in [-0.2, -0.15) is 5.10 Å². The summed E-state index contributed by atoms with van der Waals surface area (Å²) in [5.74, 6) is -0.265. The van der Waals surface area contributed by atoms with Gasteiger partial charge >= 0.3 is 5.97 Å². The van der Waals surface area contributed by atoms with E-state index in [0.29, 0.717) is 17.9 Å². The number of hydrogen-bond acceptors (Lipinski definition) is 4. The summed E-state index contributed by atoms with van der Waals surface area (Å²) in [7, 11) is 0. The molecule has 6 heteroatoms. The third-order valence-electron chi connectivity index (χ3n) is 1.92. The van der Waals surface area contributed by atoms with Gasteiger partial charge in [0.05, 0.1) is 12.6 Å². The number of oxazole rings is 1. The Morgan fingerprint density at radius 3 is 3.13 bits per heavy atom. The zero-order chi connectivity index (χ0) is 10.7. The number of aliphatic carboxylic acids is 1. The Morgan fingerprint density at radius 1 is 1.60 bits per heavy atom. The van der Waals surface area contributed by atoms with E-state index in [1.54, 1.807) is 12.3 Å². The fourth-order valence-corrected chi connectivity index (χ4v) is 1.20. The van der Waals surface area contributed by atoms with Crippen molar-refractivity contribution in [1.29, 1.82) is 0 Å². The molecule has 0 saturated heterocycles. The van der Waals surface area contributed by atoms with Crippen molar-refractivity contribution < 1.29 is 14.3 Å². The first kappa shape index (κ1) is 9.45. The van der Waals surface area contributed by atoms with E-state index in [-0.39, 0.29) is 6.42 Å². The SMILES string of the molecule is O=C(O)CCc1cc(-c2cnco2)n[nH]1. The quantitative estimate of drug-likeness (QED) is 0.782. The van der Waals surface area contributed by atoms with Gasteiger partial charge in [0.1, 0.15) is 5.69 Å². The van der Waals surface area contributed by atoms with Crippen LogP contribution in [0.2, 0.25) is 0 Å².